The van der Waals surface area contributed by atoms with Crippen LogP contribution >= 0.6 is 0 Å². The minimum atomic E-state index is 0.0193. The number of hydrogen-bond donors (Lipinski definition) is 0. The van der Waals surface area contributed by atoms with Crippen molar-refractivity contribution < 1.29 is 0 Å². The van der Waals surface area contributed by atoms with Gasteiger partial charge >= 0.3 is 0 Å². The van der Waals surface area contributed by atoms with E-state index in [-0.39, 0.29) is 5.41 Å². The van der Waals surface area contributed by atoms with E-state index < -0.39 is 0 Å². The Labute approximate surface area is 331 Å². The number of fused-ring (bicyclic) bond motifs is 4. The lowest BCUT2D eigenvalue weighted by Gasteiger charge is -2.25. The maximum Gasteiger partial charge on any atom is -0.00263 e. The van der Waals surface area contributed by atoms with Crippen molar-refractivity contribution in [2.45, 2.75) is 64.2 Å². The van der Waals surface area contributed by atoms with Crippen LogP contribution in [-0.2, 0) is 5.41 Å². The zero-order chi connectivity index (χ0) is 37.8. The molecule has 0 N–H and O–H groups in total. The molecule has 0 aliphatic heterocycles. The maximum atomic E-state index is 2.57. The van der Waals surface area contributed by atoms with Crippen LogP contribution in [0.5, 0.6) is 0 Å². The molecule has 0 spiro atoms. The van der Waals surface area contributed by atoms with E-state index in [0.717, 1.165) is 0 Å². The third-order valence-corrected chi connectivity index (χ3v) is 12.6. The van der Waals surface area contributed by atoms with Crippen molar-refractivity contribution in [1.29, 1.82) is 0 Å². The van der Waals surface area contributed by atoms with Crippen LogP contribution in [0, 0.1) is 0 Å². The van der Waals surface area contributed by atoms with E-state index in [1.807, 2.05) is 0 Å². The van der Waals surface area contributed by atoms with Gasteiger partial charge in [0.15, 0.2) is 0 Å². The molecule has 0 saturated heterocycles. The average molecular weight is 721 g/mol. The van der Waals surface area contributed by atoms with Crippen molar-refractivity contribution in [3.8, 4) is 44.5 Å². The molecule has 272 valence electrons. The molecule has 9 aromatic rings. The van der Waals surface area contributed by atoms with Crippen LogP contribution in [0.2, 0.25) is 0 Å². The van der Waals surface area contributed by atoms with E-state index in [2.05, 4.69) is 191 Å². The predicted octanol–water partition coefficient (Wildman–Crippen LogP) is 16.3. The van der Waals surface area contributed by atoms with Crippen molar-refractivity contribution in [2.24, 2.45) is 0 Å². The Morgan fingerprint density at radius 2 is 0.946 bits per heavy atom. The first-order valence-electron chi connectivity index (χ1n) is 20.6. The number of rotatable bonds is 5. The summed E-state index contributed by atoms with van der Waals surface area (Å²) in [4.78, 5) is 0. The second-order valence-corrected chi connectivity index (χ2v) is 17.1. The summed E-state index contributed by atoms with van der Waals surface area (Å²) in [7, 11) is 0. The monoisotopic (exact) mass is 720 g/mol. The number of hydrogen-bond acceptors (Lipinski definition) is 0. The Bertz CT molecular complexity index is 2890. The summed E-state index contributed by atoms with van der Waals surface area (Å²) in [5.41, 5.74) is 13.1. The molecule has 0 bridgehead atoms. The third kappa shape index (κ3) is 6.18. The van der Waals surface area contributed by atoms with E-state index >= 15 is 0 Å². The molecule has 1 saturated carbocycles. The Balaban J connectivity index is 1.19. The topological polar surface area (TPSA) is 0 Å². The van der Waals surface area contributed by atoms with Gasteiger partial charge < -0.3 is 0 Å². The SMILES string of the molecule is CC(C)(C)c1ccc2c(-c3ccc(-c4cccc5ccccc45)cc3)c3cc(C4CCCCC4)ccc3c(-c3ccc(-c4ccc5ccccc5c4)cc3)c2c1. The second kappa shape index (κ2) is 13.9. The summed E-state index contributed by atoms with van der Waals surface area (Å²) in [6, 6.07) is 64.4. The molecule has 0 nitrogen and oxygen atoms in total. The Kier molecular flexibility index (Phi) is 8.59. The van der Waals surface area contributed by atoms with Crippen LogP contribution in [-0.4, -0.2) is 0 Å². The zero-order valence-corrected chi connectivity index (χ0v) is 32.8. The standard InChI is InChI=1S/C56H48/c1-56(2,3)47-31-33-51-53(36-47)55(42-25-20-39(21-26-42)45-29-22-38-14-7-8-16-44(38)34-45)50-32-30-46(37-12-5-4-6-13-37)35-52(50)54(51)43-27-23-41(24-28-43)49-19-11-17-40-15-9-10-18-48(40)49/h7-11,14-37H,4-6,12-13H2,1-3H3. The van der Waals surface area contributed by atoms with Crippen LogP contribution in [0.25, 0.3) is 87.6 Å². The highest BCUT2D eigenvalue weighted by molar-refractivity contribution is 6.21. The molecule has 1 aliphatic rings. The van der Waals surface area contributed by atoms with Crippen molar-refractivity contribution in [3.63, 3.8) is 0 Å². The van der Waals surface area contributed by atoms with Crippen molar-refractivity contribution in [1.82, 2.24) is 0 Å². The van der Waals surface area contributed by atoms with Gasteiger partial charge in [-0.05, 0) is 135 Å². The van der Waals surface area contributed by atoms with E-state index in [1.54, 1.807) is 0 Å². The molecule has 1 fully saturated rings. The fraction of sp³-hybridized carbons (Fsp3) is 0.179. The molecule has 0 radical (unpaired) electrons. The lowest BCUT2D eigenvalue weighted by Crippen LogP contribution is -2.10. The molecular formula is C56H48. The minimum Gasteiger partial charge on any atom is -0.0616 e. The van der Waals surface area contributed by atoms with Gasteiger partial charge in [0.2, 0.25) is 0 Å². The normalized spacial score (nSPS) is 13.9. The lowest BCUT2D eigenvalue weighted by atomic mass is 9.79. The number of benzene rings is 9. The average Bonchev–Trinajstić information content (AvgIpc) is 3.25. The first-order chi connectivity index (χ1) is 27.4. The summed E-state index contributed by atoms with van der Waals surface area (Å²) in [5, 5.41) is 10.4. The third-order valence-electron chi connectivity index (χ3n) is 12.6. The highest BCUT2D eigenvalue weighted by Gasteiger charge is 2.23. The van der Waals surface area contributed by atoms with Gasteiger partial charge in [0.1, 0.15) is 0 Å². The summed E-state index contributed by atoms with van der Waals surface area (Å²) >= 11 is 0. The van der Waals surface area contributed by atoms with Gasteiger partial charge in [-0.2, -0.15) is 0 Å². The van der Waals surface area contributed by atoms with E-state index in [9.17, 15) is 0 Å². The van der Waals surface area contributed by atoms with Crippen molar-refractivity contribution in [2.75, 3.05) is 0 Å². The summed E-state index contributed by atoms with van der Waals surface area (Å²) < 4.78 is 0. The molecule has 0 heteroatoms. The zero-order valence-electron chi connectivity index (χ0n) is 32.8. The molecule has 0 aromatic heterocycles. The van der Waals surface area contributed by atoms with Gasteiger partial charge in [0.05, 0.1) is 0 Å². The highest BCUT2D eigenvalue weighted by atomic mass is 14.3. The molecule has 0 atom stereocenters. The molecule has 10 rings (SSSR count). The van der Waals surface area contributed by atoms with Crippen LogP contribution in [0.3, 0.4) is 0 Å². The highest BCUT2D eigenvalue weighted by Crippen LogP contribution is 2.47. The molecule has 0 amide bonds. The van der Waals surface area contributed by atoms with Gasteiger partial charge in [-0.15, -0.1) is 0 Å². The van der Waals surface area contributed by atoms with Gasteiger partial charge in [0, 0.05) is 0 Å². The maximum absolute atomic E-state index is 2.57. The van der Waals surface area contributed by atoms with Crippen molar-refractivity contribution in [3.05, 3.63) is 181 Å². The summed E-state index contributed by atoms with van der Waals surface area (Å²) in [6.07, 6.45) is 6.58. The van der Waals surface area contributed by atoms with E-state index in [4.69, 9.17) is 0 Å². The van der Waals surface area contributed by atoms with Gasteiger partial charge in [-0.1, -0.05) is 198 Å². The Hall–Kier alpha value is -5.98. The quantitative estimate of drug-likeness (QED) is 0.155. The Morgan fingerprint density at radius 3 is 1.66 bits per heavy atom. The molecule has 9 aromatic carbocycles. The molecule has 1 aliphatic carbocycles. The van der Waals surface area contributed by atoms with E-state index in [0.29, 0.717) is 5.92 Å². The van der Waals surface area contributed by atoms with Gasteiger partial charge in [-0.25, -0.2) is 0 Å². The summed E-state index contributed by atoms with van der Waals surface area (Å²) in [5.74, 6) is 0.624. The molecule has 0 heterocycles. The fourth-order valence-corrected chi connectivity index (χ4v) is 9.52. The van der Waals surface area contributed by atoms with Crippen LogP contribution in [0.4, 0.5) is 0 Å². The second-order valence-electron chi connectivity index (χ2n) is 17.1. The first kappa shape index (κ1) is 34.5. The Morgan fingerprint density at radius 1 is 0.375 bits per heavy atom. The largest absolute Gasteiger partial charge is 0.0616 e. The van der Waals surface area contributed by atoms with Gasteiger partial charge in [-0.3, -0.25) is 0 Å². The lowest BCUT2D eigenvalue weighted by molar-refractivity contribution is 0.444. The molecule has 56 heavy (non-hydrogen) atoms. The van der Waals surface area contributed by atoms with Gasteiger partial charge in [0.25, 0.3) is 0 Å². The molecule has 0 unspecified atom stereocenters. The van der Waals surface area contributed by atoms with Crippen LogP contribution < -0.4 is 0 Å². The summed E-state index contributed by atoms with van der Waals surface area (Å²) in [6.45, 7) is 6.99. The van der Waals surface area contributed by atoms with Crippen LogP contribution in [0.1, 0.15) is 69.9 Å². The van der Waals surface area contributed by atoms with Crippen LogP contribution in [0.15, 0.2) is 170 Å². The minimum absolute atomic E-state index is 0.0193. The molecular weight excluding hydrogens is 673 g/mol. The van der Waals surface area contributed by atoms with E-state index in [1.165, 1.54) is 131 Å². The fourth-order valence-electron chi connectivity index (χ4n) is 9.52. The first-order valence-corrected chi connectivity index (χ1v) is 20.6. The predicted molar refractivity (Wildman–Crippen MR) is 243 cm³/mol. The van der Waals surface area contributed by atoms with Crippen molar-refractivity contribution >= 4 is 43.1 Å². The smallest absolute Gasteiger partial charge is 0.00263 e.